The van der Waals surface area contributed by atoms with Crippen molar-refractivity contribution in [3.8, 4) is 0 Å². The quantitative estimate of drug-likeness (QED) is 0.436. The molecule has 0 radical (unpaired) electrons. The lowest BCUT2D eigenvalue weighted by Gasteiger charge is -2.09. The van der Waals surface area contributed by atoms with Crippen molar-refractivity contribution in [3.63, 3.8) is 0 Å². The molecule has 27 heavy (non-hydrogen) atoms. The topological polar surface area (TPSA) is 34.0 Å². The number of hydrogen-bond donors (Lipinski definition) is 1. The number of anilines is 1. The fraction of sp³-hybridized carbons (Fsp3) is 0.0455. The summed E-state index contributed by atoms with van der Waals surface area (Å²) < 4.78 is 2.15. The van der Waals surface area contributed by atoms with E-state index in [4.69, 9.17) is 23.2 Å². The minimum absolute atomic E-state index is 0.162. The van der Waals surface area contributed by atoms with Gasteiger partial charge >= 0.3 is 0 Å². The van der Waals surface area contributed by atoms with Crippen LogP contribution in [0.15, 0.2) is 79.0 Å². The number of carbonyl (C=O) groups is 1. The molecular formula is C22H16Cl2N2O. The van der Waals surface area contributed by atoms with Gasteiger partial charge in [0.15, 0.2) is 0 Å². The number of benzene rings is 3. The molecule has 1 N–H and O–H groups in total. The summed E-state index contributed by atoms with van der Waals surface area (Å²) in [7, 11) is 0. The van der Waals surface area contributed by atoms with Gasteiger partial charge in [-0.25, -0.2) is 0 Å². The van der Waals surface area contributed by atoms with Gasteiger partial charge in [0.2, 0.25) is 0 Å². The molecule has 0 spiro atoms. The van der Waals surface area contributed by atoms with Gasteiger partial charge in [0.25, 0.3) is 5.91 Å². The number of rotatable bonds is 4. The summed E-state index contributed by atoms with van der Waals surface area (Å²) >= 11 is 11.9. The van der Waals surface area contributed by atoms with Gasteiger partial charge in [-0.2, -0.15) is 0 Å². The van der Waals surface area contributed by atoms with Crippen molar-refractivity contribution in [3.05, 3.63) is 100 Å². The highest BCUT2D eigenvalue weighted by atomic mass is 35.5. The lowest BCUT2D eigenvalue weighted by Crippen LogP contribution is -2.11. The molecule has 0 aliphatic rings. The van der Waals surface area contributed by atoms with Gasteiger partial charge in [-0.05, 0) is 60.2 Å². The lowest BCUT2D eigenvalue weighted by atomic mass is 10.1. The molecule has 4 rings (SSSR count). The van der Waals surface area contributed by atoms with E-state index < -0.39 is 0 Å². The first-order valence-electron chi connectivity index (χ1n) is 8.49. The van der Waals surface area contributed by atoms with Gasteiger partial charge in [-0.1, -0.05) is 41.4 Å². The Morgan fingerprint density at radius 3 is 2.22 bits per heavy atom. The summed E-state index contributed by atoms with van der Waals surface area (Å²) in [6, 6.07) is 22.6. The third-order valence-corrected chi connectivity index (χ3v) is 4.94. The van der Waals surface area contributed by atoms with Crippen molar-refractivity contribution in [2.24, 2.45) is 0 Å². The minimum Gasteiger partial charge on any atom is -0.343 e. The number of aromatic nitrogens is 1. The van der Waals surface area contributed by atoms with Crippen LogP contribution in [0.1, 0.15) is 15.9 Å². The average molecular weight is 395 g/mol. The maximum atomic E-state index is 12.5. The van der Waals surface area contributed by atoms with Crippen LogP contribution in [0.4, 0.5) is 5.69 Å². The maximum Gasteiger partial charge on any atom is 0.255 e. The minimum atomic E-state index is -0.162. The monoisotopic (exact) mass is 394 g/mol. The zero-order valence-corrected chi connectivity index (χ0v) is 15.8. The van der Waals surface area contributed by atoms with E-state index in [1.807, 2.05) is 54.7 Å². The summed E-state index contributed by atoms with van der Waals surface area (Å²) in [6.07, 6.45) is 2.03. The molecular weight excluding hydrogens is 379 g/mol. The maximum absolute atomic E-state index is 12.5. The average Bonchev–Trinajstić information content (AvgIpc) is 3.08. The third kappa shape index (κ3) is 3.85. The lowest BCUT2D eigenvalue weighted by molar-refractivity contribution is 0.102. The largest absolute Gasteiger partial charge is 0.343 e. The smallest absolute Gasteiger partial charge is 0.255 e. The number of hydrogen-bond acceptors (Lipinski definition) is 1. The van der Waals surface area contributed by atoms with E-state index in [1.165, 1.54) is 0 Å². The van der Waals surface area contributed by atoms with Gasteiger partial charge in [0, 0.05) is 33.7 Å². The molecule has 0 saturated heterocycles. The zero-order valence-electron chi connectivity index (χ0n) is 14.3. The molecule has 0 aliphatic heterocycles. The summed E-state index contributed by atoms with van der Waals surface area (Å²) in [5, 5.41) is 5.32. The van der Waals surface area contributed by atoms with Crippen LogP contribution in [0.25, 0.3) is 10.9 Å². The van der Waals surface area contributed by atoms with Crippen LogP contribution in [0.3, 0.4) is 0 Å². The number of carbonyl (C=O) groups excluding carboxylic acids is 1. The fourth-order valence-electron chi connectivity index (χ4n) is 3.05. The Morgan fingerprint density at radius 1 is 0.852 bits per heavy atom. The molecule has 3 nitrogen and oxygen atoms in total. The number of fused-ring (bicyclic) bond motifs is 1. The van der Waals surface area contributed by atoms with E-state index in [-0.39, 0.29) is 5.91 Å². The fourth-order valence-corrected chi connectivity index (χ4v) is 3.30. The molecule has 4 aromatic rings. The van der Waals surface area contributed by atoms with Crippen LogP contribution in [-0.4, -0.2) is 10.5 Å². The second-order valence-electron chi connectivity index (χ2n) is 6.27. The summed E-state index contributed by atoms with van der Waals surface area (Å²) in [4.78, 5) is 12.5. The molecule has 0 fully saturated rings. The van der Waals surface area contributed by atoms with Crippen molar-refractivity contribution >= 4 is 45.7 Å². The number of amides is 1. The van der Waals surface area contributed by atoms with Gasteiger partial charge < -0.3 is 9.88 Å². The molecule has 0 atom stereocenters. The van der Waals surface area contributed by atoms with E-state index in [0.717, 1.165) is 33.7 Å². The van der Waals surface area contributed by atoms with Crippen molar-refractivity contribution < 1.29 is 4.79 Å². The van der Waals surface area contributed by atoms with Crippen LogP contribution in [-0.2, 0) is 6.54 Å². The van der Waals surface area contributed by atoms with E-state index >= 15 is 0 Å². The highest BCUT2D eigenvalue weighted by molar-refractivity contribution is 6.31. The molecule has 3 aromatic carbocycles. The molecule has 0 saturated carbocycles. The Balaban J connectivity index is 1.61. The van der Waals surface area contributed by atoms with Gasteiger partial charge in [0.05, 0.1) is 11.2 Å². The van der Waals surface area contributed by atoms with E-state index in [1.54, 1.807) is 24.3 Å². The predicted octanol–water partition coefficient (Wildman–Crippen LogP) is 6.25. The molecule has 0 bridgehead atoms. The molecule has 1 aromatic heterocycles. The first kappa shape index (κ1) is 17.7. The summed E-state index contributed by atoms with van der Waals surface area (Å²) in [6.45, 7) is 0.731. The second-order valence-corrected chi connectivity index (χ2v) is 7.14. The highest BCUT2D eigenvalue weighted by Gasteiger charge is 2.10. The van der Waals surface area contributed by atoms with Crippen LogP contribution in [0.2, 0.25) is 10.0 Å². The van der Waals surface area contributed by atoms with Crippen LogP contribution in [0.5, 0.6) is 0 Å². The van der Waals surface area contributed by atoms with E-state index in [9.17, 15) is 4.79 Å². The predicted molar refractivity (Wildman–Crippen MR) is 112 cm³/mol. The third-order valence-electron chi connectivity index (χ3n) is 4.43. The Bertz CT molecular complexity index is 1100. The highest BCUT2D eigenvalue weighted by Crippen LogP contribution is 2.26. The molecule has 0 aliphatic carbocycles. The van der Waals surface area contributed by atoms with Crippen molar-refractivity contribution in [2.75, 3.05) is 5.32 Å². The Labute approximate surface area is 167 Å². The normalized spacial score (nSPS) is 10.9. The number of nitrogens with one attached hydrogen (secondary N) is 1. The molecule has 0 unspecified atom stereocenters. The molecule has 1 heterocycles. The van der Waals surface area contributed by atoms with Gasteiger partial charge in [-0.15, -0.1) is 0 Å². The molecule has 1 amide bonds. The molecule has 134 valence electrons. The van der Waals surface area contributed by atoms with Crippen molar-refractivity contribution in [2.45, 2.75) is 6.54 Å². The zero-order chi connectivity index (χ0) is 18.8. The van der Waals surface area contributed by atoms with Gasteiger partial charge in [-0.3, -0.25) is 4.79 Å². The summed E-state index contributed by atoms with van der Waals surface area (Å²) in [5.41, 5.74) is 3.56. The Morgan fingerprint density at radius 2 is 1.52 bits per heavy atom. The Hall–Kier alpha value is -2.75. The van der Waals surface area contributed by atoms with Crippen LogP contribution in [0, 0.1) is 0 Å². The first-order valence-corrected chi connectivity index (χ1v) is 9.25. The number of halogens is 2. The van der Waals surface area contributed by atoms with Crippen molar-refractivity contribution in [1.82, 2.24) is 4.57 Å². The summed E-state index contributed by atoms with van der Waals surface area (Å²) in [5.74, 6) is -0.162. The van der Waals surface area contributed by atoms with Gasteiger partial charge in [0.1, 0.15) is 0 Å². The van der Waals surface area contributed by atoms with Crippen molar-refractivity contribution in [1.29, 1.82) is 0 Å². The second kappa shape index (κ2) is 7.47. The first-order chi connectivity index (χ1) is 13.1. The Kier molecular flexibility index (Phi) is 4.88. The van der Waals surface area contributed by atoms with Crippen LogP contribution >= 0.6 is 23.2 Å². The van der Waals surface area contributed by atoms with Crippen LogP contribution < -0.4 is 5.32 Å². The molecule has 5 heteroatoms. The number of nitrogens with zero attached hydrogens (tertiary/aromatic N) is 1. The SMILES string of the molecule is O=C(Nc1cccc2c1ccn2Cc1ccc(Cl)cc1)c1ccc(Cl)cc1. The van der Waals surface area contributed by atoms with E-state index in [2.05, 4.69) is 9.88 Å². The standard InChI is InChI=1S/C22H16Cl2N2O/c23-17-8-4-15(5-9-17)14-26-13-12-19-20(2-1-3-21(19)26)25-22(27)16-6-10-18(24)11-7-16/h1-13H,14H2,(H,25,27). The van der Waals surface area contributed by atoms with E-state index in [0.29, 0.717) is 10.6 Å².